The van der Waals surface area contributed by atoms with Gasteiger partial charge in [-0.25, -0.2) is 0 Å². The molecule has 0 aliphatic heterocycles. The normalized spacial score (nSPS) is 55.0. The van der Waals surface area contributed by atoms with Crippen molar-refractivity contribution in [3.63, 3.8) is 0 Å². The number of rotatable bonds is 1. The molecule has 4 fully saturated rings. The number of aliphatic carboxylic acids is 1. The van der Waals surface area contributed by atoms with Gasteiger partial charge in [0.25, 0.3) is 0 Å². The minimum atomic E-state index is -0.623. The van der Waals surface area contributed by atoms with Crippen LogP contribution in [0.1, 0.15) is 113 Å². The fourth-order valence-corrected chi connectivity index (χ4v) is 10.8. The van der Waals surface area contributed by atoms with Gasteiger partial charge in [-0.3, -0.25) is 9.59 Å². The number of ketones is 1. The fourth-order valence-electron chi connectivity index (χ4n) is 10.8. The first-order chi connectivity index (χ1) is 15.6. The number of carboxylic acid groups (broad SMARTS) is 1. The van der Waals surface area contributed by atoms with Crippen LogP contribution in [0.2, 0.25) is 0 Å². The molecular weight excluding hydrogens is 424 g/mol. The highest BCUT2D eigenvalue weighted by atomic mass is 16.4. The van der Waals surface area contributed by atoms with E-state index >= 15 is 0 Å². The predicted octanol–water partition coefficient (Wildman–Crippen LogP) is 7.33. The Bertz CT molecular complexity index is 982. The van der Waals surface area contributed by atoms with E-state index in [-0.39, 0.29) is 44.5 Å². The topological polar surface area (TPSA) is 74.6 Å². The van der Waals surface area contributed by atoms with E-state index < -0.39 is 11.4 Å². The molecule has 5 rings (SSSR count). The molecule has 0 unspecified atom stereocenters. The molecule has 0 heterocycles. The molecule has 0 saturated heterocycles. The van der Waals surface area contributed by atoms with Crippen molar-refractivity contribution < 1.29 is 19.8 Å². The second-order valence-corrected chi connectivity index (χ2v) is 14.8. The maximum absolute atomic E-state index is 12.8. The summed E-state index contributed by atoms with van der Waals surface area (Å²) < 4.78 is 0. The molecule has 0 aromatic rings. The summed E-state index contributed by atoms with van der Waals surface area (Å²) in [7, 11) is 0. The van der Waals surface area contributed by atoms with Crippen molar-refractivity contribution >= 4 is 11.8 Å². The van der Waals surface area contributed by atoms with Gasteiger partial charge >= 0.3 is 5.97 Å². The summed E-state index contributed by atoms with van der Waals surface area (Å²) in [5.41, 5.74) is 0.732. The van der Waals surface area contributed by atoms with Crippen LogP contribution in [0, 0.1) is 50.2 Å². The van der Waals surface area contributed by atoms with E-state index in [1.54, 1.807) is 0 Å². The van der Waals surface area contributed by atoms with Gasteiger partial charge < -0.3 is 10.2 Å². The van der Waals surface area contributed by atoms with E-state index in [0.29, 0.717) is 18.3 Å². The van der Waals surface area contributed by atoms with Gasteiger partial charge in [-0.2, -0.15) is 0 Å². The first kappa shape index (κ1) is 24.4. The van der Waals surface area contributed by atoms with Crippen molar-refractivity contribution in [2.24, 2.45) is 50.2 Å². The lowest BCUT2D eigenvalue weighted by Gasteiger charge is -2.74. The Kier molecular flexibility index (Phi) is 4.96. The number of fused-ring (bicyclic) bond motifs is 7. The van der Waals surface area contributed by atoms with E-state index in [2.05, 4.69) is 34.6 Å². The molecule has 4 saturated carbocycles. The molecule has 34 heavy (non-hydrogen) atoms. The maximum atomic E-state index is 12.8. The van der Waals surface area contributed by atoms with E-state index in [0.717, 1.165) is 50.5 Å². The van der Waals surface area contributed by atoms with Crippen LogP contribution in [0.3, 0.4) is 0 Å². The number of hydrogen-bond donors (Lipinski definition) is 2. The van der Waals surface area contributed by atoms with Gasteiger partial charge in [-0.1, -0.05) is 34.6 Å². The predicted molar refractivity (Wildman–Crippen MR) is 133 cm³/mol. The summed E-state index contributed by atoms with van der Waals surface area (Å²) in [6.45, 7) is 16.2. The largest absolute Gasteiger partial charge is 0.504 e. The summed E-state index contributed by atoms with van der Waals surface area (Å²) in [6.07, 6.45) is 9.85. The Balaban J connectivity index is 1.57. The van der Waals surface area contributed by atoms with Crippen LogP contribution in [0.25, 0.3) is 0 Å². The van der Waals surface area contributed by atoms with Crippen LogP contribution in [-0.2, 0) is 9.59 Å². The lowest BCUT2D eigenvalue weighted by molar-refractivity contribution is -0.249. The average Bonchev–Trinajstić information content (AvgIpc) is 2.77. The number of aliphatic hydroxyl groups is 1. The third-order valence-electron chi connectivity index (χ3n) is 13.7. The van der Waals surface area contributed by atoms with Crippen molar-refractivity contribution in [2.75, 3.05) is 0 Å². The molecule has 0 aromatic heterocycles. The van der Waals surface area contributed by atoms with E-state index in [4.69, 9.17) is 0 Å². The summed E-state index contributed by atoms with van der Waals surface area (Å²) in [6, 6.07) is 0. The molecule has 2 N–H and O–H groups in total. The Labute approximate surface area is 206 Å². The fraction of sp³-hybridized carbons (Fsp3) is 0.867. The molecule has 190 valence electrons. The third-order valence-corrected chi connectivity index (χ3v) is 13.7. The van der Waals surface area contributed by atoms with Gasteiger partial charge in [-0.05, 0) is 122 Å². The molecule has 0 amide bonds. The number of allylic oxidation sites excluding steroid dienone is 2. The van der Waals surface area contributed by atoms with E-state index in [9.17, 15) is 19.8 Å². The first-order valence-corrected chi connectivity index (χ1v) is 13.7. The summed E-state index contributed by atoms with van der Waals surface area (Å²) in [5.74, 6) is 0.553. The Morgan fingerprint density at radius 2 is 1.41 bits per heavy atom. The SMILES string of the molecule is CC1=C(O)C(=O)C[C@H]2[C@]3(C)CC[C@@]4(C)[C@@H]5C[C@](C)(C(=O)O)CC[C@]5(C)CC[C@]4(C)[C@H]3CC[C@]12C. The van der Waals surface area contributed by atoms with Gasteiger partial charge in [0.1, 0.15) is 0 Å². The number of carbonyl (C=O) groups excluding carboxylic acids is 1. The van der Waals surface area contributed by atoms with Gasteiger partial charge in [-0.15, -0.1) is 0 Å². The highest BCUT2D eigenvalue weighted by Gasteiger charge is 2.71. The van der Waals surface area contributed by atoms with Crippen LogP contribution in [0.15, 0.2) is 11.3 Å². The standard InChI is InChI=1S/C30H46O4/c1-18-23(32)19(31)16-21-27(18,4)9-8-20-28(21,5)13-15-30(7)22-17-26(3,24(33)34)11-10-25(22,2)12-14-29(20,30)6/h20-22,32H,8-17H2,1-7H3,(H,33,34)/t20-,21+,22+,25+,26+,27+,28+,29+,30-/m0/s1. The van der Waals surface area contributed by atoms with Gasteiger partial charge in [0.15, 0.2) is 11.5 Å². The molecule has 0 spiro atoms. The van der Waals surface area contributed by atoms with E-state index in [1.807, 2.05) is 13.8 Å². The van der Waals surface area contributed by atoms with Crippen LogP contribution in [0.4, 0.5) is 0 Å². The lowest BCUT2D eigenvalue weighted by Crippen LogP contribution is -2.67. The quantitative estimate of drug-likeness (QED) is 0.421. The molecule has 0 radical (unpaired) electrons. The summed E-state index contributed by atoms with van der Waals surface area (Å²) in [5, 5.41) is 20.7. The van der Waals surface area contributed by atoms with Crippen molar-refractivity contribution in [1.82, 2.24) is 0 Å². The minimum absolute atomic E-state index is 0.0243. The molecule has 5 aliphatic carbocycles. The number of hydrogen-bond acceptors (Lipinski definition) is 3. The van der Waals surface area contributed by atoms with Crippen LogP contribution < -0.4 is 0 Å². The molecule has 4 heteroatoms. The zero-order valence-electron chi connectivity index (χ0n) is 22.5. The number of carboxylic acids is 1. The summed E-state index contributed by atoms with van der Waals surface area (Å²) in [4.78, 5) is 25.1. The summed E-state index contributed by atoms with van der Waals surface area (Å²) >= 11 is 0. The molecule has 0 bridgehead atoms. The van der Waals surface area contributed by atoms with E-state index in [1.165, 1.54) is 12.8 Å². The number of aliphatic hydroxyl groups excluding tert-OH is 1. The minimum Gasteiger partial charge on any atom is -0.504 e. The third kappa shape index (κ3) is 2.72. The first-order valence-electron chi connectivity index (χ1n) is 13.7. The highest BCUT2D eigenvalue weighted by Crippen LogP contribution is 2.78. The smallest absolute Gasteiger partial charge is 0.309 e. The molecule has 0 aromatic carbocycles. The molecule has 5 aliphatic rings. The van der Waals surface area contributed by atoms with Crippen molar-refractivity contribution in [3.05, 3.63) is 11.3 Å². The lowest BCUT2D eigenvalue weighted by atomic mass is 9.30. The Hall–Kier alpha value is -1.32. The maximum Gasteiger partial charge on any atom is 0.309 e. The van der Waals surface area contributed by atoms with Gasteiger partial charge in [0, 0.05) is 6.42 Å². The molecular formula is C30H46O4. The van der Waals surface area contributed by atoms with Crippen LogP contribution in [0.5, 0.6) is 0 Å². The van der Waals surface area contributed by atoms with Crippen molar-refractivity contribution in [3.8, 4) is 0 Å². The Morgan fingerprint density at radius 1 is 0.824 bits per heavy atom. The van der Waals surface area contributed by atoms with Crippen LogP contribution >= 0.6 is 0 Å². The number of Topliss-reactive ketones (excluding diaryl/α,β-unsaturated/α-hetero) is 1. The highest BCUT2D eigenvalue weighted by molar-refractivity contribution is 5.95. The monoisotopic (exact) mass is 470 g/mol. The zero-order chi connectivity index (χ0) is 25.1. The molecule has 4 nitrogen and oxygen atoms in total. The van der Waals surface area contributed by atoms with Crippen molar-refractivity contribution in [2.45, 2.75) is 113 Å². The molecule has 9 atom stereocenters. The average molecular weight is 471 g/mol. The second-order valence-electron chi connectivity index (χ2n) is 14.8. The van der Waals surface area contributed by atoms with Gasteiger partial charge in [0.05, 0.1) is 5.41 Å². The van der Waals surface area contributed by atoms with Gasteiger partial charge in [0.2, 0.25) is 0 Å². The van der Waals surface area contributed by atoms with Crippen LogP contribution in [-0.4, -0.2) is 22.0 Å². The zero-order valence-corrected chi connectivity index (χ0v) is 22.5. The number of carbonyl (C=O) groups is 2. The Morgan fingerprint density at radius 3 is 2.06 bits per heavy atom. The second kappa shape index (κ2) is 6.91. The van der Waals surface area contributed by atoms with Crippen molar-refractivity contribution in [1.29, 1.82) is 0 Å².